The van der Waals surface area contributed by atoms with Crippen molar-refractivity contribution in [3.05, 3.63) is 24.0 Å². The summed E-state index contributed by atoms with van der Waals surface area (Å²) in [5.41, 5.74) is 1.93. The van der Waals surface area contributed by atoms with Crippen LogP contribution in [0.3, 0.4) is 0 Å². The largest absolute Gasteiger partial charge is 0.387 e. The van der Waals surface area contributed by atoms with Gasteiger partial charge in [0, 0.05) is 6.54 Å². The molecule has 0 radical (unpaired) electrons. The van der Waals surface area contributed by atoms with E-state index in [9.17, 15) is 5.11 Å². The van der Waals surface area contributed by atoms with E-state index in [0.717, 1.165) is 24.5 Å². The van der Waals surface area contributed by atoms with Crippen molar-refractivity contribution in [2.45, 2.75) is 50.9 Å². The SMILES string of the molecule is CCC(O)c1ccc(N2CCOC3CCCC32)cn1. The minimum atomic E-state index is -0.446. The first kappa shape index (κ1) is 12.9. The van der Waals surface area contributed by atoms with Crippen LogP contribution in [0.15, 0.2) is 18.3 Å². The zero-order chi connectivity index (χ0) is 13.2. The lowest BCUT2D eigenvalue weighted by molar-refractivity contribution is 0.0256. The second kappa shape index (κ2) is 5.47. The number of hydrogen-bond acceptors (Lipinski definition) is 4. The first-order chi connectivity index (χ1) is 9.29. The molecule has 1 saturated carbocycles. The summed E-state index contributed by atoms with van der Waals surface area (Å²) in [5, 5.41) is 9.78. The molecule has 0 amide bonds. The molecular formula is C15H22N2O2. The smallest absolute Gasteiger partial charge is 0.0957 e. The van der Waals surface area contributed by atoms with E-state index in [2.05, 4.69) is 16.0 Å². The first-order valence-corrected chi connectivity index (χ1v) is 7.32. The van der Waals surface area contributed by atoms with E-state index >= 15 is 0 Å². The van der Waals surface area contributed by atoms with Crippen LogP contribution in [0.5, 0.6) is 0 Å². The van der Waals surface area contributed by atoms with Gasteiger partial charge in [-0.05, 0) is 37.8 Å². The number of aliphatic hydroxyl groups excluding tert-OH is 1. The van der Waals surface area contributed by atoms with Crippen LogP contribution in [-0.2, 0) is 4.74 Å². The number of aliphatic hydroxyl groups is 1. The van der Waals surface area contributed by atoms with Gasteiger partial charge in [-0.2, -0.15) is 0 Å². The Bertz CT molecular complexity index is 421. The van der Waals surface area contributed by atoms with E-state index in [1.165, 1.54) is 19.3 Å². The highest BCUT2D eigenvalue weighted by Crippen LogP contribution is 2.33. The maximum atomic E-state index is 9.78. The number of pyridine rings is 1. The van der Waals surface area contributed by atoms with Gasteiger partial charge in [0.2, 0.25) is 0 Å². The number of nitrogens with zero attached hydrogens (tertiary/aromatic N) is 2. The Morgan fingerprint density at radius 3 is 3.11 bits per heavy atom. The predicted octanol–water partition coefficient (Wildman–Crippen LogP) is 2.28. The fourth-order valence-corrected chi connectivity index (χ4v) is 3.22. The van der Waals surface area contributed by atoms with Gasteiger partial charge in [-0.25, -0.2) is 0 Å². The normalized spacial score (nSPS) is 28.2. The predicted molar refractivity (Wildman–Crippen MR) is 74.2 cm³/mol. The molecule has 3 atom stereocenters. The molecule has 1 N–H and O–H groups in total. The summed E-state index contributed by atoms with van der Waals surface area (Å²) >= 11 is 0. The third-order valence-electron chi connectivity index (χ3n) is 4.31. The highest BCUT2D eigenvalue weighted by Gasteiger charge is 2.36. The summed E-state index contributed by atoms with van der Waals surface area (Å²) in [6.07, 6.45) is 6.20. The van der Waals surface area contributed by atoms with E-state index in [1.807, 2.05) is 19.2 Å². The van der Waals surface area contributed by atoms with Crippen molar-refractivity contribution in [2.75, 3.05) is 18.1 Å². The Morgan fingerprint density at radius 1 is 1.47 bits per heavy atom. The van der Waals surface area contributed by atoms with E-state index in [4.69, 9.17) is 4.74 Å². The van der Waals surface area contributed by atoms with Gasteiger partial charge in [0.25, 0.3) is 0 Å². The number of anilines is 1. The van der Waals surface area contributed by atoms with E-state index in [-0.39, 0.29) is 0 Å². The molecular weight excluding hydrogens is 240 g/mol. The molecule has 1 saturated heterocycles. The van der Waals surface area contributed by atoms with E-state index in [1.54, 1.807) is 0 Å². The van der Waals surface area contributed by atoms with Crippen LogP contribution in [0.1, 0.15) is 44.4 Å². The van der Waals surface area contributed by atoms with Crippen molar-refractivity contribution in [3.8, 4) is 0 Å². The Balaban J connectivity index is 1.77. The lowest BCUT2D eigenvalue weighted by Gasteiger charge is -2.39. The summed E-state index contributed by atoms with van der Waals surface area (Å²) in [5.74, 6) is 0. The van der Waals surface area contributed by atoms with Gasteiger partial charge in [-0.3, -0.25) is 4.98 Å². The van der Waals surface area contributed by atoms with Gasteiger partial charge >= 0.3 is 0 Å². The Labute approximate surface area is 114 Å². The second-order valence-electron chi connectivity index (χ2n) is 5.47. The second-order valence-corrected chi connectivity index (χ2v) is 5.47. The molecule has 4 heteroatoms. The molecule has 0 aromatic carbocycles. The number of aromatic nitrogens is 1. The van der Waals surface area contributed by atoms with Crippen molar-refractivity contribution in [2.24, 2.45) is 0 Å². The average Bonchev–Trinajstić information content (AvgIpc) is 2.95. The fourth-order valence-electron chi connectivity index (χ4n) is 3.22. The van der Waals surface area contributed by atoms with E-state index in [0.29, 0.717) is 18.6 Å². The molecule has 19 heavy (non-hydrogen) atoms. The molecule has 0 spiro atoms. The topological polar surface area (TPSA) is 45.6 Å². The van der Waals surface area contributed by atoms with Crippen LogP contribution >= 0.6 is 0 Å². The van der Waals surface area contributed by atoms with Crippen molar-refractivity contribution < 1.29 is 9.84 Å². The molecule has 2 heterocycles. The van der Waals surface area contributed by atoms with Crippen LogP contribution < -0.4 is 4.90 Å². The van der Waals surface area contributed by atoms with Crippen LogP contribution in [-0.4, -0.2) is 35.4 Å². The molecule has 1 aromatic heterocycles. The molecule has 4 nitrogen and oxygen atoms in total. The standard InChI is InChI=1S/C15H22N2O2/c1-2-14(18)12-7-6-11(10-16-12)17-8-9-19-15-5-3-4-13(15)17/h6-7,10,13-15,18H,2-5,8-9H2,1H3. The molecule has 104 valence electrons. The van der Waals surface area contributed by atoms with Gasteiger partial charge in [0.15, 0.2) is 0 Å². The van der Waals surface area contributed by atoms with Gasteiger partial charge in [0.05, 0.1) is 42.4 Å². The lowest BCUT2D eigenvalue weighted by Crippen LogP contribution is -2.48. The van der Waals surface area contributed by atoms with E-state index < -0.39 is 6.10 Å². The van der Waals surface area contributed by atoms with Gasteiger partial charge in [-0.15, -0.1) is 0 Å². The number of morpholine rings is 1. The number of rotatable bonds is 3. The maximum absolute atomic E-state index is 9.78. The van der Waals surface area contributed by atoms with Gasteiger partial charge in [-0.1, -0.05) is 6.92 Å². The maximum Gasteiger partial charge on any atom is 0.0957 e. The number of fused-ring (bicyclic) bond motifs is 1. The zero-order valence-electron chi connectivity index (χ0n) is 11.5. The molecule has 3 rings (SSSR count). The third-order valence-corrected chi connectivity index (χ3v) is 4.31. The molecule has 1 aliphatic carbocycles. The molecule has 1 aliphatic heterocycles. The fraction of sp³-hybridized carbons (Fsp3) is 0.667. The van der Waals surface area contributed by atoms with Crippen molar-refractivity contribution >= 4 is 5.69 Å². The summed E-state index contributed by atoms with van der Waals surface area (Å²) in [6, 6.07) is 4.54. The molecule has 3 unspecified atom stereocenters. The van der Waals surface area contributed by atoms with Crippen molar-refractivity contribution in [3.63, 3.8) is 0 Å². The quantitative estimate of drug-likeness (QED) is 0.907. The summed E-state index contributed by atoms with van der Waals surface area (Å²) in [4.78, 5) is 6.83. The Kier molecular flexibility index (Phi) is 3.71. The zero-order valence-corrected chi connectivity index (χ0v) is 11.5. The molecule has 0 bridgehead atoms. The molecule has 1 aromatic rings. The van der Waals surface area contributed by atoms with Crippen molar-refractivity contribution in [1.82, 2.24) is 4.98 Å². The number of hydrogen-bond donors (Lipinski definition) is 1. The number of ether oxygens (including phenoxy) is 1. The summed E-state index contributed by atoms with van der Waals surface area (Å²) < 4.78 is 5.83. The van der Waals surface area contributed by atoms with Crippen LogP contribution in [0, 0.1) is 0 Å². The first-order valence-electron chi connectivity index (χ1n) is 7.32. The summed E-state index contributed by atoms with van der Waals surface area (Å²) in [6.45, 7) is 3.71. The molecule has 2 fully saturated rings. The third kappa shape index (κ3) is 2.47. The Morgan fingerprint density at radius 2 is 2.37 bits per heavy atom. The minimum absolute atomic E-state index is 0.398. The van der Waals surface area contributed by atoms with Crippen LogP contribution in [0.25, 0.3) is 0 Å². The monoisotopic (exact) mass is 262 g/mol. The minimum Gasteiger partial charge on any atom is -0.387 e. The Hall–Kier alpha value is -1.13. The lowest BCUT2D eigenvalue weighted by atomic mass is 10.1. The van der Waals surface area contributed by atoms with Crippen molar-refractivity contribution in [1.29, 1.82) is 0 Å². The summed E-state index contributed by atoms with van der Waals surface area (Å²) in [7, 11) is 0. The highest BCUT2D eigenvalue weighted by molar-refractivity contribution is 5.47. The van der Waals surface area contributed by atoms with Gasteiger partial charge in [0.1, 0.15) is 0 Å². The molecule has 2 aliphatic rings. The van der Waals surface area contributed by atoms with Gasteiger partial charge < -0.3 is 14.7 Å². The van der Waals surface area contributed by atoms with Crippen LogP contribution in [0.4, 0.5) is 5.69 Å². The average molecular weight is 262 g/mol. The van der Waals surface area contributed by atoms with Crippen LogP contribution in [0.2, 0.25) is 0 Å². The highest BCUT2D eigenvalue weighted by atomic mass is 16.5.